The molecule has 2 aromatic rings. The van der Waals surface area contributed by atoms with Crippen LogP contribution in [-0.2, 0) is 9.53 Å². The topological polar surface area (TPSA) is 90.9 Å². The third kappa shape index (κ3) is 6.30. The lowest BCUT2D eigenvalue weighted by Crippen LogP contribution is -2.41. The third-order valence-corrected chi connectivity index (χ3v) is 5.89. The first-order valence-corrected chi connectivity index (χ1v) is 11.2. The molecular weight excluding hydrogens is 414 g/mol. The highest BCUT2D eigenvalue weighted by Crippen LogP contribution is 2.41. The average molecular weight is 444 g/mol. The van der Waals surface area contributed by atoms with Gasteiger partial charge in [-0.1, -0.05) is 30.3 Å². The molecule has 31 heavy (non-hydrogen) atoms. The van der Waals surface area contributed by atoms with E-state index in [2.05, 4.69) is 10.6 Å². The van der Waals surface area contributed by atoms with E-state index in [0.29, 0.717) is 18.7 Å². The second-order valence-corrected chi connectivity index (χ2v) is 9.76. The molecular formula is C23H29N3O4S. The molecule has 0 bridgehead atoms. The van der Waals surface area contributed by atoms with Crippen LogP contribution in [0.5, 0.6) is 0 Å². The molecule has 8 heteroatoms. The van der Waals surface area contributed by atoms with Gasteiger partial charge in [-0.3, -0.25) is 9.69 Å². The molecule has 1 aliphatic rings. The van der Waals surface area contributed by atoms with Gasteiger partial charge in [0.1, 0.15) is 5.60 Å². The Balaban J connectivity index is 1.64. The van der Waals surface area contributed by atoms with Gasteiger partial charge in [0.05, 0.1) is 17.8 Å². The van der Waals surface area contributed by atoms with E-state index in [4.69, 9.17) is 4.74 Å². The summed E-state index contributed by atoms with van der Waals surface area (Å²) >= 11 is 1.50. The number of carboxylic acids is 1. The predicted molar refractivity (Wildman–Crippen MR) is 126 cm³/mol. The van der Waals surface area contributed by atoms with Gasteiger partial charge in [-0.15, -0.1) is 11.8 Å². The van der Waals surface area contributed by atoms with Gasteiger partial charge in [0, 0.05) is 12.2 Å². The molecule has 0 unspecified atom stereocenters. The average Bonchev–Trinajstić information content (AvgIpc) is 3.04. The van der Waals surface area contributed by atoms with Crippen LogP contribution in [0, 0.1) is 0 Å². The van der Waals surface area contributed by atoms with Crippen LogP contribution in [0.1, 0.15) is 33.6 Å². The Kier molecular flexibility index (Phi) is 7.00. The molecule has 1 amide bonds. The van der Waals surface area contributed by atoms with Gasteiger partial charge >= 0.3 is 12.1 Å². The fourth-order valence-electron chi connectivity index (χ4n) is 3.31. The number of ether oxygens (including phenoxy) is 1. The molecule has 0 aliphatic carbocycles. The zero-order chi connectivity index (χ0) is 22.5. The molecule has 0 spiro atoms. The van der Waals surface area contributed by atoms with Crippen molar-refractivity contribution in [1.29, 1.82) is 0 Å². The number of fused-ring (bicyclic) bond motifs is 1. The number of nitrogens with one attached hydrogen (secondary N) is 2. The number of anilines is 3. The molecule has 166 valence electrons. The van der Waals surface area contributed by atoms with Crippen LogP contribution in [0.25, 0.3) is 0 Å². The van der Waals surface area contributed by atoms with Crippen molar-refractivity contribution in [2.45, 2.75) is 44.2 Å². The molecule has 0 fully saturated rings. The molecule has 0 saturated heterocycles. The predicted octanol–water partition coefficient (Wildman–Crippen LogP) is 5.22. The summed E-state index contributed by atoms with van der Waals surface area (Å²) in [6, 6.07) is 17.1. The Hall–Kier alpha value is -2.87. The SMILES string of the molecule is CC(C)(C)OC(=O)N(CCCSC1(CC(=O)O)Nc2ccccc2N1)c1ccccc1. The molecule has 3 rings (SSSR count). The van der Waals surface area contributed by atoms with Crippen LogP contribution >= 0.6 is 11.8 Å². The van der Waals surface area contributed by atoms with Crippen LogP contribution in [0.4, 0.5) is 21.9 Å². The minimum atomic E-state index is -0.889. The number of benzene rings is 2. The first-order chi connectivity index (χ1) is 14.7. The van der Waals surface area contributed by atoms with Gasteiger partial charge < -0.3 is 20.5 Å². The lowest BCUT2D eigenvalue weighted by Gasteiger charge is -2.30. The van der Waals surface area contributed by atoms with E-state index in [1.165, 1.54) is 11.8 Å². The van der Waals surface area contributed by atoms with E-state index >= 15 is 0 Å². The van der Waals surface area contributed by atoms with E-state index in [9.17, 15) is 14.7 Å². The Morgan fingerprint density at radius 1 is 1.03 bits per heavy atom. The minimum absolute atomic E-state index is 0.0825. The second-order valence-electron chi connectivity index (χ2n) is 8.36. The van der Waals surface area contributed by atoms with Gasteiger partial charge in [-0.25, -0.2) is 4.79 Å². The van der Waals surface area contributed by atoms with E-state index < -0.39 is 22.7 Å². The second kappa shape index (κ2) is 9.51. The summed E-state index contributed by atoms with van der Waals surface area (Å²) in [5.41, 5.74) is 1.95. The Morgan fingerprint density at radius 2 is 1.61 bits per heavy atom. The fraction of sp³-hybridized carbons (Fsp3) is 0.391. The normalized spacial score (nSPS) is 14.2. The number of hydrogen-bond acceptors (Lipinski definition) is 6. The lowest BCUT2D eigenvalue weighted by molar-refractivity contribution is -0.137. The Bertz CT molecular complexity index is 890. The summed E-state index contributed by atoms with van der Waals surface area (Å²) in [5.74, 6) is -0.243. The number of carbonyl (C=O) groups excluding carboxylic acids is 1. The van der Waals surface area contributed by atoms with Crippen LogP contribution in [-0.4, -0.2) is 40.1 Å². The molecule has 0 aromatic heterocycles. The number of rotatable bonds is 8. The molecule has 0 saturated carbocycles. The molecule has 2 aromatic carbocycles. The van der Waals surface area contributed by atoms with Crippen LogP contribution < -0.4 is 15.5 Å². The monoisotopic (exact) mass is 443 g/mol. The Labute approximate surface area is 187 Å². The highest BCUT2D eigenvalue weighted by molar-refractivity contribution is 8.00. The van der Waals surface area contributed by atoms with E-state index in [0.717, 1.165) is 17.1 Å². The highest BCUT2D eigenvalue weighted by Gasteiger charge is 2.38. The highest BCUT2D eigenvalue weighted by atomic mass is 32.2. The zero-order valence-electron chi connectivity index (χ0n) is 18.1. The van der Waals surface area contributed by atoms with Crippen molar-refractivity contribution in [1.82, 2.24) is 0 Å². The van der Waals surface area contributed by atoms with Crippen molar-refractivity contribution in [3.8, 4) is 0 Å². The van der Waals surface area contributed by atoms with E-state index in [1.54, 1.807) is 4.90 Å². The van der Waals surface area contributed by atoms with Crippen LogP contribution in [0.15, 0.2) is 54.6 Å². The summed E-state index contributed by atoms with van der Waals surface area (Å²) < 4.78 is 5.58. The zero-order valence-corrected chi connectivity index (χ0v) is 18.9. The van der Waals surface area contributed by atoms with Crippen LogP contribution in [0.3, 0.4) is 0 Å². The van der Waals surface area contributed by atoms with E-state index in [1.807, 2.05) is 75.4 Å². The van der Waals surface area contributed by atoms with Crippen molar-refractivity contribution in [2.75, 3.05) is 27.8 Å². The fourth-order valence-corrected chi connectivity index (χ4v) is 4.52. The first-order valence-electron chi connectivity index (χ1n) is 10.2. The number of hydrogen-bond donors (Lipinski definition) is 3. The van der Waals surface area contributed by atoms with Crippen molar-refractivity contribution in [3.05, 3.63) is 54.6 Å². The minimum Gasteiger partial charge on any atom is -0.481 e. The summed E-state index contributed by atoms with van der Waals surface area (Å²) in [6.07, 6.45) is 0.189. The van der Waals surface area contributed by atoms with Crippen molar-refractivity contribution < 1.29 is 19.4 Å². The molecule has 0 radical (unpaired) electrons. The smallest absolute Gasteiger partial charge is 0.414 e. The number of carboxylic acid groups (broad SMARTS) is 1. The van der Waals surface area contributed by atoms with Crippen molar-refractivity contribution >= 4 is 40.9 Å². The molecule has 7 nitrogen and oxygen atoms in total. The first kappa shape index (κ1) is 22.8. The summed E-state index contributed by atoms with van der Waals surface area (Å²) in [5, 5.41) is 16.1. The number of amides is 1. The number of para-hydroxylation sites is 3. The number of carbonyl (C=O) groups is 2. The maximum Gasteiger partial charge on any atom is 0.414 e. The number of nitrogens with zero attached hydrogens (tertiary/aromatic N) is 1. The lowest BCUT2D eigenvalue weighted by atomic mass is 10.2. The van der Waals surface area contributed by atoms with Crippen molar-refractivity contribution in [2.24, 2.45) is 0 Å². The van der Waals surface area contributed by atoms with Crippen molar-refractivity contribution in [3.63, 3.8) is 0 Å². The quantitative estimate of drug-likeness (QED) is 0.482. The van der Waals surface area contributed by atoms with Gasteiger partial charge in [-0.05, 0) is 57.2 Å². The third-order valence-electron chi connectivity index (χ3n) is 4.56. The standard InChI is InChI=1S/C23H29N3O4S/c1-22(2,3)30-21(29)26(17-10-5-4-6-11-17)14-9-15-31-23(16-20(27)28)24-18-12-7-8-13-19(18)25-23/h4-8,10-13,24-25H,9,14-16H2,1-3H3,(H,27,28). The summed E-state index contributed by atoms with van der Waals surface area (Å²) in [4.78, 5) is 25.1. The molecule has 1 aliphatic heterocycles. The van der Waals surface area contributed by atoms with E-state index in [-0.39, 0.29) is 6.42 Å². The van der Waals surface area contributed by atoms with Crippen LogP contribution in [0.2, 0.25) is 0 Å². The largest absolute Gasteiger partial charge is 0.481 e. The van der Waals surface area contributed by atoms with Gasteiger partial charge in [0.25, 0.3) is 0 Å². The molecule has 3 N–H and O–H groups in total. The molecule has 0 atom stereocenters. The summed E-state index contributed by atoms with van der Waals surface area (Å²) in [7, 11) is 0. The summed E-state index contributed by atoms with van der Waals surface area (Å²) in [6.45, 7) is 5.99. The van der Waals surface area contributed by atoms with Gasteiger partial charge in [-0.2, -0.15) is 0 Å². The number of thioether (sulfide) groups is 1. The maximum atomic E-state index is 12.8. The maximum absolute atomic E-state index is 12.8. The molecule has 1 heterocycles. The van der Waals surface area contributed by atoms with Gasteiger partial charge in [0.15, 0.2) is 4.99 Å². The van der Waals surface area contributed by atoms with Gasteiger partial charge in [0.2, 0.25) is 0 Å². The number of aliphatic carboxylic acids is 1. The Morgan fingerprint density at radius 3 is 2.16 bits per heavy atom.